The summed E-state index contributed by atoms with van der Waals surface area (Å²) in [6.07, 6.45) is 4.77. The zero-order valence-electron chi connectivity index (χ0n) is 16.5. The van der Waals surface area contributed by atoms with Crippen LogP contribution >= 0.6 is 0 Å². The SMILES string of the molecule is O=C(CNC(=O)c1cc(-c2ccccc2)on1)Nc1cccc(OC2CCCC2)c1. The Morgan fingerprint density at radius 2 is 1.83 bits per heavy atom. The van der Waals surface area contributed by atoms with Crippen molar-refractivity contribution in [2.24, 2.45) is 0 Å². The number of nitrogens with zero attached hydrogens (tertiary/aromatic N) is 1. The monoisotopic (exact) mass is 405 g/mol. The topological polar surface area (TPSA) is 93.5 Å². The third-order valence-corrected chi connectivity index (χ3v) is 4.93. The Balaban J connectivity index is 1.28. The van der Waals surface area contributed by atoms with Gasteiger partial charge >= 0.3 is 0 Å². The number of amides is 2. The summed E-state index contributed by atoms with van der Waals surface area (Å²) in [6.45, 7) is -0.180. The van der Waals surface area contributed by atoms with Crippen molar-refractivity contribution in [3.63, 3.8) is 0 Å². The molecule has 1 saturated carbocycles. The first kappa shape index (κ1) is 19.7. The standard InChI is InChI=1S/C23H23N3O4/c27-22(25-17-9-6-12-19(13-17)29-18-10-4-5-11-18)15-24-23(28)20-14-21(30-26-20)16-7-2-1-3-8-16/h1-3,6-9,12-14,18H,4-5,10-11,15H2,(H,24,28)(H,25,27). The molecule has 7 heteroatoms. The van der Waals surface area contributed by atoms with Crippen molar-refractivity contribution in [3.8, 4) is 17.1 Å². The molecule has 1 fully saturated rings. The molecule has 1 aliphatic rings. The number of nitrogens with one attached hydrogen (secondary N) is 2. The second kappa shape index (κ2) is 9.26. The normalized spacial score (nSPS) is 13.7. The van der Waals surface area contributed by atoms with Gasteiger partial charge in [0.1, 0.15) is 5.75 Å². The van der Waals surface area contributed by atoms with Gasteiger partial charge in [0.15, 0.2) is 11.5 Å². The van der Waals surface area contributed by atoms with Gasteiger partial charge in [-0.15, -0.1) is 0 Å². The van der Waals surface area contributed by atoms with Gasteiger partial charge in [0.05, 0.1) is 12.6 Å². The first-order valence-electron chi connectivity index (χ1n) is 10.0. The Morgan fingerprint density at radius 3 is 2.63 bits per heavy atom. The highest BCUT2D eigenvalue weighted by molar-refractivity contribution is 5.98. The van der Waals surface area contributed by atoms with Crippen LogP contribution in [0.2, 0.25) is 0 Å². The van der Waals surface area contributed by atoms with Crippen molar-refractivity contribution >= 4 is 17.5 Å². The minimum atomic E-state index is -0.477. The maximum atomic E-state index is 12.3. The number of aromatic nitrogens is 1. The molecule has 0 saturated heterocycles. The molecule has 3 aromatic rings. The van der Waals surface area contributed by atoms with Crippen molar-refractivity contribution in [2.75, 3.05) is 11.9 Å². The van der Waals surface area contributed by atoms with Crippen LogP contribution in [-0.2, 0) is 4.79 Å². The number of rotatable bonds is 7. The molecule has 2 aromatic carbocycles. The molecular weight excluding hydrogens is 382 g/mol. The highest BCUT2D eigenvalue weighted by Crippen LogP contribution is 2.25. The highest BCUT2D eigenvalue weighted by atomic mass is 16.5. The molecule has 2 amide bonds. The van der Waals surface area contributed by atoms with E-state index in [1.807, 2.05) is 42.5 Å². The molecule has 0 aliphatic heterocycles. The average molecular weight is 405 g/mol. The van der Waals surface area contributed by atoms with Crippen LogP contribution < -0.4 is 15.4 Å². The van der Waals surface area contributed by atoms with Gasteiger partial charge in [0.25, 0.3) is 5.91 Å². The van der Waals surface area contributed by atoms with Crippen LogP contribution in [0.4, 0.5) is 5.69 Å². The van der Waals surface area contributed by atoms with Crippen molar-refractivity contribution in [1.82, 2.24) is 10.5 Å². The average Bonchev–Trinajstić information content (AvgIpc) is 3.45. The zero-order valence-corrected chi connectivity index (χ0v) is 16.5. The van der Waals surface area contributed by atoms with E-state index in [0.717, 1.165) is 24.2 Å². The minimum Gasteiger partial charge on any atom is -0.490 e. The Bertz CT molecular complexity index is 1010. The molecule has 0 spiro atoms. The van der Waals surface area contributed by atoms with Gasteiger partial charge < -0.3 is 19.9 Å². The van der Waals surface area contributed by atoms with Crippen molar-refractivity contribution in [3.05, 3.63) is 66.4 Å². The number of anilines is 1. The van der Waals surface area contributed by atoms with Gasteiger partial charge in [0.2, 0.25) is 5.91 Å². The van der Waals surface area contributed by atoms with E-state index in [-0.39, 0.29) is 24.2 Å². The molecule has 154 valence electrons. The molecule has 2 N–H and O–H groups in total. The van der Waals surface area contributed by atoms with Gasteiger partial charge in [-0.2, -0.15) is 0 Å². The molecule has 1 heterocycles. The molecule has 4 rings (SSSR count). The lowest BCUT2D eigenvalue weighted by atomic mass is 10.1. The number of benzene rings is 2. The quantitative estimate of drug-likeness (QED) is 0.619. The van der Waals surface area contributed by atoms with Crippen molar-refractivity contribution in [2.45, 2.75) is 31.8 Å². The van der Waals surface area contributed by atoms with Crippen molar-refractivity contribution in [1.29, 1.82) is 0 Å². The van der Waals surface area contributed by atoms with E-state index >= 15 is 0 Å². The second-order valence-corrected chi connectivity index (χ2v) is 7.23. The Morgan fingerprint density at radius 1 is 1.03 bits per heavy atom. The van der Waals surface area contributed by atoms with E-state index in [0.29, 0.717) is 11.4 Å². The lowest BCUT2D eigenvalue weighted by Gasteiger charge is -2.14. The summed E-state index contributed by atoms with van der Waals surface area (Å²) in [4.78, 5) is 24.5. The Kier molecular flexibility index (Phi) is 6.08. The largest absolute Gasteiger partial charge is 0.490 e. The van der Waals surface area contributed by atoms with E-state index in [2.05, 4.69) is 15.8 Å². The van der Waals surface area contributed by atoms with E-state index in [9.17, 15) is 9.59 Å². The number of carbonyl (C=O) groups excluding carboxylic acids is 2. The molecule has 7 nitrogen and oxygen atoms in total. The van der Waals surface area contributed by atoms with E-state index in [4.69, 9.17) is 9.26 Å². The Hall–Kier alpha value is -3.61. The van der Waals surface area contributed by atoms with Crippen LogP contribution in [0.5, 0.6) is 5.75 Å². The van der Waals surface area contributed by atoms with Gasteiger partial charge in [-0.1, -0.05) is 41.6 Å². The summed E-state index contributed by atoms with van der Waals surface area (Å²) < 4.78 is 11.2. The highest BCUT2D eigenvalue weighted by Gasteiger charge is 2.17. The zero-order chi connectivity index (χ0) is 20.8. The molecule has 30 heavy (non-hydrogen) atoms. The van der Waals surface area contributed by atoms with Crippen LogP contribution in [0.1, 0.15) is 36.2 Å². The molecule has 1 aliphatic carbocycles. The first-order valence-corrected chi connectivity index (χ1v) is 10.0. The summed E-state index contributed by atoms with van der Waals surface area (Å²) in [5, 5.41) is 9.10. The summed E-state index contributed by atoms with van der Waals surface area (Å²) in [7, 11) is 0. The van der Waals surface area contributed by atoms with Crippen LogP contribution in [-0.4, -0.2) is 29.6 Å². The van der Waals surface area contributed by atoms with Gasteiger partial charge in [-0.3, -0.25) is 9.59 Å². The van der Waals surface area contributed by atoms with E-state index in [1.165, 1.54) is 12.8 Å². The van der Waals surface area contributed by atoms with Gasteiger partial charge in [-0.25, -0.2) is 0 Å². The van der Waals surface area contributed by atoms with E-state index < -0.39 is 5.91 Å². The summed E-state index contributed by atoms with van der Waals surface area (Å²) in [6, 6.07) is 18.2. The Labute approximate surface area is 174 Å². The summed E-state index contributed by atoms with van der Waals surface area (Å²) in [5.74, 6) is 0.409. The second-order valence-electron chi connectivity index (χ2n) is 7.23. The number of carbonyl (C=O) groups is 2. The van der Waals surface area contributed by atoms with Gasteiger partial charge in [-0.05, 0) is 37.8 Å². The maximum Gasteiger partial charge on any atom is 0.273 e. The van der Waals surface area contributed by atoms with E-state index in [1.54, 1.807) is 18.2 Å². The lowest BCUT2D eigenvalue weighted by Crippen LogP contribution is -2.33. The minimum absolute atomic E-state index is 0.119. The molecule has 0 bridgehead atoms. The van der Waals surface area contributed by atoms with Crippen LogP contribution in [0.3, 0.4) is 0 Å². The number of ether oxygens (including phenoxy) is 1. The van der Waals surface area contributed by atoms with Crippen LogP contribution in [0, 0.1) is 0 Å². The molecular formula is C23H23N3O4. The smallest absolute Gasteiger partial charge is 0.273 e. The van der Waals surface area contributed by atoms with Gasteiger partial charge in [0, 0.05) is 23.4 Å². The number of hydrogen-bond donors (Lipinski definition) is 2. The fraction of sp³-hybridized carbons (Fsp3) is 0.261. The first-order chi connectivity index (χ1) is 14.7. The lowest BCUT2D eigenvalue weighted by molar-refractivity contribution is -0.115. The van der Waals surface area contributed by atoms with Crippen LogP contribution in [0.15, 0.2) is 65.2 Å². The van der Waals surface area contributed by atoms with Crippen molar-refractivity contribution < 1.29 is 18.8 Å². The third kappa shape index (κ3) is 5.05. The fourth-order valence-electron chi connectivity index (χ4n) is 3.42. The van der Waals surface area contributed by atoms with Crippen LogP contribution in [0.25, 0.3) is 11.3 Å². The predicted molar refractivity (Wildman–Crippen MR) is 112 cm³/mol. The molecule has 0 radical (unpaired) electrons. The molecule has 0 unspecified atom stereocenters. The summed E-state index contributed by atoms with van der Waals surface area (Å²) >= 11 is 0. The maximum absolute atomic E-state index is 12.3. The molecule has 0 atom stereocenters. The summed E-state index contributed by atoms with van der Waals surface area (Å²) in [5.41, 5.74) is 1.56. The fourth-order valence-corrected chi connectivity index (χ4v) is 3.42. The number of hydrogen-bond acceptors (Lipinski definition) is 5. The molecule has 1 aromatic heterocycles. The predicted octanol–water partition coefficient (Wildman–Crippen LogP) is 4.03. The third-order valence-electron chi connectivity index (χ3n) is 4.93.